The Hall–Kier alpha value is -2.31. The van der Waals surface area contributed by atoms with Gasteiger partial charge in [0.05, 0.1) is 24.7 Å². The van der Waals surface area contributed by atoms with Gasteiger partial charge in [-0.3, -0.25) is 10.1 Å². The van der Waals surface area contributed by atoms with E-state index in [0.29, 0.717) is 5.75 Å². The number of carbonyl (C=O) groups is 1. The van der Waals surface area contributed by atoms with Gasteiger partial charge in [-0.05, 0) is 26.0 Å². The normalized spacial score (nSPS) is 11.5. The molecule has 0 amide bonds. The summed E-state index contributed by atoms with van der Waals surface area (Å²) in [5, 5.41) is 13.7. The molecule has 0 aliphatic carbocycles. The third-order valence-electron chi connectivity index (χ3n) is 2.41. The predicted molar refractivity (Wildman–Crippen MR) is 69.4 cm³/mol. The van der Waals surface area contributed by atoms with Crippen LogP contribution in [-0.2, 0) is 9.53 Å². The second-order valence-electron chi connectivity index (χ2n) is 3.76. The van der Waals surface area contributed by atoms with E-state index in [-0.39, 0.29) is 18.0 Å². The number of nitrogens with one attached hydrogen (secondary N) is 1. The summed E-state index contributed by atoms with van der Waals surface area (Å²) in [5.74, 6) is -0.0892. The maximum Gasteiger partial charge on any atom is 0.328 e. The second-order valence-corrected chi connectivity index (χ2v) is 3.76. The van der Waals surface area contributed by atoms with Gasteiger partial charge in [0.2, 0.25) is 0 Å². The van der Waals surface area contributed by atoms with Gasteiger partial charge in [0.25, 0.3) is 5.69 Å². The van der Waals surface area contributed by atoms with Crippen LogP contribution >= 0.6 is 0 Å². The van der Waals surface area contributed by atoms with E-state index in [2.05, 4.69) is 5.32 Å². The molecule has 1 N–H and O–H groups in total. The SMILES string of the molecule is CCOC(=O)[C@H](C)Nc1ccc(OC)cc1[N+](=O)[O-]. The Morgan fingerprint density at radius 3 is 2.74 bits per heavy atom. The van der Waals surface area contributed by atoms with Crippen LogP contribution < -0.4 is 10.1 Å². The van der Waals surface area contributed by atoms with Crippen molar-refractivity contribution in [3.63, 3.8) is 0 Å². The zero-order valence-electron chi connectivity index (χ0n) is 11.0. The summed E-state index contributed by atoms with van der Waals surface area (Å²) in [5.41, 5.74) is 0.0850. The quantitative estimate of drug-likeness (QED) is 0.482. The van der Waals surface area contributed by atoms with E-state index in [9.17, 15) is 14.9 Å². The number of benzene rings is 1. The number of hydrogen-bond donors (Lipinski definition) is 1. The zero-order chi connectivity index (χ0) is 14.4. The number of nitrogens with zero attached hydrogens (tertiary/aromatic N) is 1. The molecule has 0 bridgehead atoms. The first-order valence-corrected chi connectivity index (χ1v) is 5.75. The highest BCUT2D eigenvalue weighted by molar-refractivity contribution is 5.80. The van der Waals surface area contributed by atoms with Gasteiger partial charge in [0, 0.05) is 0 Å². The van der Waals surface area contributed by atoms with E-state index in [4.69, 9.17) is 9.47 Å². The van der Waals surface area contributed by atoms with Crippen molar-refractivity contribution in [1.82, 2.24) is 0 Å². The molecule has 0 radical (unpaired) electrons. The Balaban J connectivity index is 2.94. The van der Waals surface area contributed by atoms with Crippen molar-refractivity contribution >= 4 is 17.3 Å². The molecular weight excluding hydrogens is 252 g/mol. The van der Waals surface area contributed by atoms with Crippen molar-refractivity contribution < 1.29 is 19.2 Å². The van der Waals surface area contributed by atoms with Crippen LogP contribution in [-0.4, -0.2) is 30.7 Å². The van der Waals surface area contributed by atoms with Gasteiger partial charge in [0.15, 0.2) is 0 Å². The molecule has 19 heavy (non-hydrogen) atoms. The van der Waals surface area contributed by atoms with Crippen molar-refractivity contribution in [2.45, 2.75) is 19.9 Å². The highest BCUT2D eigenvalue weighted by Gasteiger charge is 2.20. The maximum atomic E-state index is 11.5. The summed E-state index contributed by atoms with van der Waals surface area (Å²) in [6.07, 6.45) is 0. The number of nitro groups is 1. The monoisotopic (exact) mass is 268 g/mol. The molecule has 0 unspecified atom stereocenters. The second kappa shape index (κ2) is 6.58. The van der Waals surface area contributed by atoms with Crippen molar-refractivity contribution in [1.29, 1.82) is 0 Å². The first kappa shape index (κ1) is 14.7. The van der Waals surface area contributed by atoms with Crippen LogP contribution in [0.3, 0.4) is 0 Å². The summed E-state index contributed by atoms with van der Waals surface area (Å²) < 4.78 is 9.75. The highest BCUT2D eigenvalue weighted by Crippen LogP contribution is 2.29. The van der Waals surface area contributed by atoms with Gasteiger partial charge in [0.1, 0.15) is 17.5 Å². The molecule has 1 atom stereocenters. The van der Waals surface area contributed by atoms with Gasteiger partial charge in [-0.2, -0.15) is 0 Å². The third-order valence-corrected chi connectivity index (χ3v) is 2.41. The van der Waals surface area contributed by atoms with Crippen molar-refractivity contribution in [2.24, 2.45) is 0 Å². The molecule has 1 rings (SSSR count). The minimum atomic E-state index is -0.674. The minimum Gasteiger partial charge on any atom is -0.496 e. The molecular formula is C12H16N2O5. The summed E-state index contributed by atoms with van der Waals surface area (Å²) in [6, 6.07) is 3.69. The average Bonchev–Trinajstić information content (AvgIpc) is 2.39. The number of rotatable bonds is 6. The van der Waals surface area contributed by atoms with E-state index < -0.39 is 16.9 Å². The number of ether oxygens (including phenoxy) is 2. The molecule has 0 heterocycles. The Labute approximate surface area is 110 Å². The first-order chi connectivity index (χ1) is 8.99. The number of hydrogen-bond acceptors (Lipinski definition) is 6. The highest BCUT2D eigenvalue weighted by atomic mass is 16.6. The Bertz CT molecular complexity index is 475. The number of anilines is 1. The number of esters is 1. The molecule has 1 aromatic rings. The van der Waals surface area contributed by atoms with E-state index in [0.717, 1.165) is 0 Å². The van der Waals surface area contributed by atoms with E-state index in [1.165, 1.54) is 19.2 Å². The van der Waals surface area contributed by atoms with Gasteiger partial charge in [-0.1, -0.05) is 0 Å². The average molecular weight is 268 g/mol. The Morgan fingerprint density at radius 2 is 2.21 bits per heavy atom. The van der Waals surface area contributed by atoms with Crippen LogP contribution in [0.15, 0.2) is 18.2 Å². The van der Waals surface area contributed by atoms with Gasteiger partial charge < -0.3 is 14.8 Å². The van der Waals surface area contributed by atoms with Gasteiger partial charge >= 0.3 is 5.97 Å². The lowest BCUT2D eigenvalue weighted by atomic mass is 10.2. The van der Waals surface area contributed by atoms with Crippen LogP contribution in [0.2, 0.25) is 0 Å². The first-order valence-electron chi connectivity index (χ1n) is 5.75. The lowest BCUT2D eigenvalue weighted by molar-refractivity contribution is -0.384. The predicted octanol–water partition coefficient (Wildman–Crippen LogP) is 1.97. The Kier molecular flexibility index (Phi) is 5.11. The lowest BCUT2D eigenvalue weighted by Gasteiger charge is -2.14. The number of nitro benzene ring substituents is 1. The minimum absolute atomic E-state index is 0.157. The van der Waals surface area contributed by atoms with E-state index in [1.54, 1.807) is 19.9 Å². The van der Waals surface area contributed by atoms with Crippen LogP contribution in [0.4, 0.5) is 11.4 Å². The smallest absolute Gasteiger partial charge is 0.328 e. The van der Waals surface area contributed by atoms with Crippen LogP contribution in [0.1, 0.15) is 13.8 Å². The molecule has 0 saturated carbocycles. The molecule has 0 aliphatic rings. The van der Waals surface area contributed by atoms with Gasteiger partial charge in [-0.25, -0.2) is 4.79 Å². The standard InChI is InChI=1S/C12H16N2O5/c1-4-19-12(15)8(2)13-10-6-5-9(18-3)7-11(10)14(16)17/h5-8,13H,4H2,1-3H3/t8-/m0/s1. The fraction of sp³-hybridized carbons (Fsp3) is 0.417. The molecule has 0 aromatic heterocycles. The van der Waals surface area contributed by atoms with E-state index >= 15 is 0 Å². The van der Waals surface area contributed by atoms with Crippen LogP contribution in [0.25, 0.3) is 0 Å². The molecule has 0 fully saturated rings. The van der Waals surface area contributed by atoms with Gasteiger partial charge in [-0.15, -0.1) is 0 Å². The fourth-order valence-corrected chi connectivity index (χ4v) is 1.47. The molecule has 0 spiro atoms. The zero-order valence-corrected chi connectivity index (χ0v) is 11.0. The van der Waals surface area contributed by atoms with Crippen LogP contribution in [0, 0.1) is 10.1 Å². The largest absolute Gasteiger partial charge is 0.496 e. The summed E-state index contributed by atoms with van der Waals surface area (Å²) in [4.78, 5) is 21.9. The number of carbonyl (C=O) groups excluding carboxylic acids is 1. The molecule has 7 heteroatoms. The fourth-order valence-electron chi connectivity index (χ4n) is 1.47. The molecule has 0 saturated heterocycles. The van der Waals surface area contributed by atoms with Crippen molar-refractivity contribution in [3.8, 4) is 5.75 Å². The molecule has 0 aliphatic heterocycles. The number of methoxy groups -OCH3 is 1. The summed E-state index contributed by atoms with van der Waals surface area (Å²) in [7, 11) is 1.42. The molecule has 7 nitrogen and oxygen atoms in total. The molecule has 1 aromatic carbocycles. The Morgan fingerprint density at radius 1 is 1.53 bits per heavy atom. The van der Waals surface area contributed by atoms with Crippen LogP contribution in [0.5, 0.6) is 5.75 Å². The summed E-state index contributed by atoms with van der Waals surface area (Å²) >= 11 is 0. The maximum absolute atomic E-state index is 11.5. The topological polar surface area (TPSA) is 90.7 Å². The summed E-state index contributed by atoms with van der Waals surface area (Å²) in [6.45, 7) is 3.53. The molecule has 104 valence electrons. The van der Waals surface area contributed by atoms with Crippen molar-refractivity contribution in [3.05, 3.63) is 28.3 Å². The third kappa shape index (κ3) is 3.84. The van der Waals surface area contributed by atoms with E-state index in [1.807, 2.05) is 0 Å². The lowest BCUT2D eigenvalue weighted by Crippen LogP contribution is -2.28. The van der Waals surface area contributed by atoms with Crippen molar-refractivity contribution in [2.75, 3.05) is 19.0 Å².